The average molecular weight is 296 g/mol. The molecule has 2 aromatic carbocycles. The van der Waals surface area contributed by atoms with Gasteiger partial charge in [0.25, 0.3) is 0 Å². The van der Waals surface area contributed by atoms with Crippen molar-refractivity contribution in [3.8, 4) is 0 Å². The minimum Gasteiger partial charge on any atom is -0.392 e. The lowest BCUT2D eigenvalue weighted by molar-refractivity contribution is -0.115. The Labute approximate surface area is 128 Å². The summed E-state index contributed by atoms with van der Waals surface area (Å²) in [6.07, 6.45) is 2.89. The Morgan fingerprint density at radius 1 is 1.09 bits per heavy atom. The first-order valence-electron chi connectivity index (χ1n) is 7.35. The summed E-state index contributed by atoms with van der Waals surface area (Å²) >= 11 is 0. The maximum Gasteiger partial charge on any atom is 0.156 e. The van der Waals surface area contributed by atoms with Crippen LogP contribution in [0.1, 0.15) is 35.4 Å². The van der Waals surface area contributed by atoms with E-state index in [2.05, 4.69) is 0 Å². The number of hydrogen-bond donors (Lipinski definition) is 1. The fourth-order valence-electron chi connectivity index (χ4n) is 2.93. The molecule has 2 nitrogen and oxygen atoms in total. The molecule has 0 heterocycles. The van der Waals surface area contributed by atoms with Crippen LogP contribution in [0, 0.1) is 5.82 Å². The van der Waals surface area contributed by atoms with Crippen LogP contribution in [0.3, 0.4) is 0 Å². The van der Waals surface area contributed by atoms with Crippen molar-refractivity contribution in [2.24, 2.45) is 0 Å². The summed E-state index contributed by atoms with van der Waals surface area (Å²) in [6.45, 7) is -0.0174. The largest absolute Gasteiger partial charge is 0.392 e. The van der Waals surface area contributed by atoms with Crippen molar-refractivity contribution < 1.29 is 14.3 Å². The van der Waals surface area contributed by atoms with Gasteiger partial charge in [0.15, 0.2) is 5.78 Å². The summed E-state index contributed by atoms with van der Waals surface area (Å²) in [4.78, 5) is 12.1. The molecule has 1 aliphatic rings. The van der Waals surface area contributed by atoms with Crippen molar-refractivity contribution in [3.05, 3.63) is 77.1 Å². The predicted octanol–water partition coefficient (Wildman–Crippen LogP) is 3.85. The molecule has 3 heteroatoms. The smallest absolute Gasteiger partial charge is 0.156 e. The van der Waals surface area contributed by atoms with Gasteiger partial charge in [0, 0.05) is 6.42 Å². The van der Waals surface area contributed by atoms with Gasteiger partial charge in [-0.25, -0.2) is 4.39 Å². The van der Waals surface area contributed by atoms with Crippen LogP contribution in [0.5, 0.6) is 0 Å². The van der Waals surface area contributed by atoms with Crippen LogP contribution < -0.4 is 0 Å². The van der Waals surface area contributed by atoms with Crippen LogP contribution in [0.25, 0.3) is 5.57 Å². The molecule has 0 fully saturated rings. The van der Waals surface area contributed by atoms with Crippen LogP contribution >= 0.6 is 0 Å². The summed E-state index contributed by atoms with van der Waals surface area (Å²) in [5.41, 5.74) is 3.75. The van der Waals surface area contributed by atoms with Gasteiger partial charge in [-0.05, 0) is 58.9 Å². The molecule has 0 aliphatic heterocycles. The summed E-state index contributed by atoms with van der Waals surface area (Å²) < 4.78 is 13.1. The first-order valence-corrected chi connectivity index (χ1v) is 7.35. The zero-order valence-electron chi connectivity index (χ0n) is 12.1. The van der Waals surface area contributed by atoms with Crippen molar-refractivity contribution in [2.45, 2.75) is 25.4 Å². The van der Waals surface area contributed by atoms with E-state index in [1.807, 2.05) is 24.3 Å². The first-order chi connectivity index (χ1) is 10.7. The molecule has 0 radical (unpaired) electrons. The molecular formula is C19H17FO2. The van der Waals surface area contributed by atoms with Gasteiger partial charge in [0.2, 0.25) is 0 Å². The standard InChI is InChI=1S/C19H17FO2/c20-18-6-4-14(5-7-18)16-9-17(11-19(22)10-16)15-3-1-2-13(8-15)12-21/h1-8,11,16,21H,9-10,12H2/t16-/m1/s1. The predicted molar refractivity (Wildman–Crippen MR) is 83.7 cm³/mol. The van der Waals surface area contributed by atoms with Gasteiger partial charge in [-0.3, -0.25) is 4.79 Å². The molecule has 0 aromatic heterocycles. The van der Waals surface area contributed by atoms with Gasteiger partial charge in [-0.15, -0.1) is 0 Å². The van der Waals surface area contributed by atoms with E-state index in [-0.39, 0.29) is 24.1 Å². The molecule has 2 aromatic rings. The third-order valence-electron chi connectivity index (χ3n) is 4.07. The zero-order chi connectivity index (χ0) is 15.5. The van der Waals surface area contributed by atoms with Gasteiger partial charge in [0.05, 0.1) is 6.61 Å². The number of hydrogen-bond acceptors (Lipinski definition) is 2. The maximum absolute atomic E-state index is 13.1. The van der Waals surface area contributed by atoms with E-state index in [1.165, 1.54) is 12.1 Å². The van der Waals surface area contributed by atoms with E-state index in [4.69, 9.17) is 0 Å². The van der Waals surface area contributed by atoms with Gasteiger partial charge in [-0.2, -0.15) is 0 Å². The number of aliphatic hydroxyl groups excluding tert-OH is 1. The van der Waals surface area contributed by atoms with Crippen LogP contribution in [-0.2, 0) is 11.4 Å². The van der Waals surface area contributed by atoms with Crippen molar-refractivity contribution >= 4 is 11.4 Å². The Kier molecular flexibility index (Phi) is 4.16. The lowest BCUT2D eigenvalue weighted by Gasteiger charge is -2.23. The molecule has 112 valence electrons. The lowest BCUT2D eigenvalue weighted by atomic mass is 9.81. The molecule has 22 heavy (non-hydrogen) atoms. The SMILES string of the molecule is O=C1C=C(c2cccc(CO)c2)C[C@@H](c2ccc(F)cc2)C1. The van der Waals surface area contributed by atoms with E-state index in [9.17, 15) is 14.3 Å². The number of halogens is 1. The fraction of sp³-hybridized carbons (Fsp3) is 0.211. The lowest BCUT2D eigenvalue weighted by Crippen LogP contribution is -2.12. The highest BCUT2D eigenvalue weighted by molar-refractivity contribution is 5.99. The van der Waals surface area contributed by atoms with Gasteiger partial charge in [0.1, 0.15) is 5.82 Å². The van der Waals surface area contributed by atoms with Crippen molar-refractivity contribution in [1.29, 1.82) is 0 Å². The Morgan fingerprint density at radius 2 is 1.86 bits per heavy atom. The second kappa shape index (κ2) is 6.24. The van der Waals surface area contributed by atoms with E-state index >= 15 is 0 Å². The topological polar surface area (TPSA) is 37.3 Å². The van der Waals surface area contributed by atoms with E-state index in [0.717, 1.165) is 28.7 Å². The van der Waals surface area contributed by atoms with Crippen LogP contribution in [0.2, 0.25) is 0 Å². The molecule has 1 aliphatic carbocycles. The highest BCUT2D eigenvalue weighted by Gasteiger charge is 2.23. The fourth-order valence-corrected chi connectivity index (χ4v) is 2.93. The summed E-state index contributed by atoms with van der Waals surface area (Å²) in [5, 5.41) is 9.25. The van der Waals surface area contributed by atoms with Crippen molar-refractivity contribution in [1.82, 2.24) is 0 Å². The molecule has 0 saturated heterocycles. The molecule has 0 bridgehead atoms. The molecular weight excluding hydrogens is 279 g/mol. The third-order valence-corrected chi connectivity index (χ3v) is 4.07. The molecule has 0 spiro atoms. The summed E-state index contributed by atoms with van der Waals surface area (Å²) in [7, 11) is 0. The molecule has 1 N–H and O–H groups in total. The summed E-state index contributed by atoms with van der Waals surface area (Å²) in [6, 6.07) is 14.0. The van der Waals surface area contributed by atoms with Gasteiger partial charge in [-0.1, -0.05) is 30.3 Å². The zero-order valence-corrected chi connectivity index (χ0v) is 12.1. The maximum atomic E-state index is 13.1. The van der Waals surface area contributed by atoms with E-state index in [0.29, 0.717) is 6.42 Å². The Bertz CT molecular complexity index is 716. The minimum absolute atomic E-state index is 0.0174. The molecule has 3 rings (SSSR count). The second-order valence-electron chi connectivity index (χ2n) is 5.65. The van der Waals surface area contributed by atoms with Crippen LogP contribution in [0.4, 0.5) is 4.39 Å². The van der Waals surface area contributed by atoms with Gasteiger partial charge >= 0.3 is 0 Å². The number of rotatable bonds is 3. The van der Waals surface area contributed by atoms with Crippen LogP contribution in [-0.4, -0.2) is 10.9 Å². The van der Waals surface area contributed by atoms with Gasteiger partial charge < -0.3 is 5.11 Å². The van der Waals surface area contributed by atoms with E-state index < -0.39 is 0 Å². The Hall–Kier alpha value is -2.26. The number of benzene rings is 2. The Morgan fingerprint density at radius 3 is 2.59 bits per heavy atom. The number of aliphatic hydroxyl groups is 1. The number of carbonyl (C=O) groups is 1. The van der Waals surface area contributed by atoms with Crippen molar-refractivity contribution in [3.63, 3.8) is 0 Å². The van der Waals surface area contributed by atoms with Crippen LogP contribution in [0.15, 0.2) is 54.6 Å². The number of carbonyl (C=O) groups excluding carboxylic acids is 1. The number of ketones is 1. The quantitative estimate of drug-likeness (QED) is 0.934. The minimum atomic E-state index is -0.266. The average Bonchev–Trinajstić information content (AvgIpc) is 2.55. The molecule has 0 amide bonds. The monoisotopic (exact) mass is 296 g/mol. The number of allylic oxidation sites excluding steroid dienone is 2. The van der Waals surface area contributed by atoms with E-state index in [1.54, 1.807) is 18.2 Å². The first kappa shape index (κ1) is 14.7. The second-order valence-corrected chi connectivity index (χ2v) is 5.65. The third kappa shape index (κ3) is 3.15. The molecule has 0 unspecified atom stereocenters. The van der Waals surface area contributed by atoms with Crippen molar-refractivity contribution in [2.75, 3.05) is 0 Å². The molecule has 1 atom stereocenters. The highest BCUT2D eigenvalue weighted by atomic mass is 19.1. The summed E-state index contributed by atoms with van der Waals surface area (Å²) in [5.74, 6) is -0.104. The Balaban J connectivity index is 1.89. The normalized spacial score (nSPS) is 18.2. The molecule has 0 saturated carbocycles. The highest BCUT2D eigenvalue weighted by Crippen LogP contribution is 2.36.